The smallest absolute Gasteiger partial charge is 0.312 e. The number of carbonyl (C=O) groups is 1. The number of esters is 1. The Labute approximate surface area is 293 Å². The van der Waals surface area contributed by atoms with Crippen molar-refractivity contribution in [2.24, 2.45) is 56.7 Å². The molecule has 3 aromatic rings. The second-order valence-corrected chi connectivity index (χ2v) is 18.5. The van der Waals surface area contributed by atoms with Crippen molar-refractivity contribution in [1.82, 2.24) is 15.0 Å². The molecule has 5 aliphatic rings. The third-order valence-corrected chi connectivity index (χ3v) is 16.3. The van der Waals surface area contributed by atoms with Crippen molar-refractivity contribution in [3.63, 3.8) is 0 Å². The molecule has 6 nitrogen and oxygen atoms in total. The van der Waals surface area contributed by atoms with Gasteiger partial charge in [0.15, 0.2) is 0 Å². The van der Waals surface area contributed by atoms with Gasteiger partial charge < -0.3 is 9.84 Å². The summed E-state index contributed by atoms with van der Waals surface area (Å²) in [6, 6.07) is 14.5. The third kappa shape index (κ3) is 4.64. The second-order valence-electron chi connectivity index (χ2n) is 18.5. The number of fused-ring (bicyclic) bond motifs is 8. The van der Waals surface area contributed by atoms with Crippen molar-refractivity contribution in [1.29, 1.82) is 0 Å². The van der Waals surface area contributed by atoms with Crippen LogP contribution in [0.25, 0.3) is 16.5 Å². The maximum Gasteiger partial charge on any atom is 0.312 e. The zero-order valence-corrected chi connectivity index (χ0v) is 30.7. The van der Waals surface area contributed by atoms with E-state index in [9.17, 15) is 9.90 Å². The van der Waals surface area contributed by atoms with E-state index in [1.54, 1.807) is 4.68 Å². The van der Waals surface area contributed by atoms with E-state index in [4.69, 9.17) is 4.74 Å². The molecule has 0 amide bonds. The Morgan fingerprint density at radius 2 is 1.67 bits per heavy atom. The lowest BCUT2D eigenvalue weighted by molar-refractivity contribution is -0.248. The number of hydrogen-bond acceptors (Lipinski definition) is 5. The summed E-state index contributed by atoms with van der Waals surface area (Å²) < 4.78 is 8.05. The van der Waals surface area contributed by atoms with E-state index in [1.807, 2.05) is 24.4 Å². The number of allylic oxidation sites excluding steroid dienone is 1. The fourth-order valence-electron chi connectivity index (χ4n) is 13.6. The predicted octanol–water partition coefficient (Wildman–Crippen LogP) is 9.48. The first-order valence-electron chi connectivity index (χ1n) is 19.2. The fourth-order valence-corrected chi connectivity index (χ4v) is 13.6. The minimum atomic E-state index is -0.469. The van der Waals surface area contributed by atoms with Crippen LogP contribution in [0.3, 0.4) is 0 Å². The van der Waals surface area contributed by atoms with Crippen LogP contribution in [-0.2, 0) is 16.1 Å². The summed E-state index contributed by atoms with van der Waals surface area (Å²) in [7, 11) is 0. The zero-order chi connectivity index (χ0) is 34.6. The highest BCUT2D eigenvalue weighted by molar-refractivity contribution is 5.84. The summed E-state index contributed by atoms with van der Waals surface area (Å²) in [6.07, 6.45) is 12.4. The Hall–Kier alpha value is -2.99. The number of aliphatic hydroxyl groups is 1. The second kappa shape index (κ2) is 11.3. The Balaban J connectivity index is 1.05. The van der Waals surface area contributed by atoms with Crippen LogP contribution in [0.5, 0.6) is 0 Å². The molecule has 1 heterocycles. The van der Waals surface area contributed by atoms with E-state index in [0.717, 1.165) is 49.6 Å². The predicted molar refractivity (Wildman–Crippen MR) is 194 cm³/mol. The first-order chi connectivity index (χ1) is 23.2. The monoisotopic (exact) mass is 663 g/mol. The molecule has 0 saturated heterocycles. The number of aromatic nitrogens is 3. The molecule has 1 N–H and O–H groups in total. The van der Waals surface area contributed by atoms with Crippen LogP contribution in [0.15, 0.2) is 60.8 Å². The number of benzene rings is 2. The van der Waals surface area contributed by atoms with E-state index in [1.165, 1.54) is 36.6 Å². The van der Waals surface area contributed by atoms with E-state index in [2.05, 4.69) is 82.7 Å². The molecular formula is C43H57N3O3. The van der Waals surface area contributed by atoms with Crippen LogP contribution >= 0.6 is 0 Å². The Morgan fingerprint density at radius 3 is 2.45 bits per heavy atom. The van der Waals surface area contributed by atoms with Crippen molar-refractivity contribution in [2.75, 3.05) is 0 Å². The van der Waals surface area contributed by atoms with E-state index in [-0.39, 0.29) is 46.3 Å². The average Bonchev–Trinajstić information content (AvgIpc) is 3.72. The molecule has 10 atom stereocenters. The van der Waals surface area contributed by atoms with Crippen molar-refractivity contribution in [3.05, 3.63) is 66.5 Å². The van der Waals surface area contributed by atoms with Gasteiger partial charge in [-0.15, -0.1) is 5.10 Å². The van der Waals surface area contributed by atoms with E-state index >= 15 is 0 Å². The molecular weight excluding hydrogens is 606 g/mol. The summed E-state index contributed by atoms with van der Waals surface area (Å²) in [6.45, 7) is 19.3. The minimum absolute atomic E-state index is 0.0329. The summed E-state index contributed by atoms with van der Waals surface area (Å²) in [5.41, 5.74) is 2.92. The van der Waals surface area contributed by atoms with Crippen molar-refractivity contribution < 1.29 is 14.6 Å². The number of carbonyl (C=O) groups excluding carboxylic acids is 1. The lowest BCUT2D eigenvalue weighted by atomic mass is 9.32. The lowest BCUT2D eigenvalue weighted by Gasteiger charge is -2.72. The molecule has 0 aliphatic heterocycles. The number of hydrogen-bond donors (Lipinski definition) is 1. The molecule has 2 aromatic carbocycles. The highest BCUT2D eigenvalue weighted by Gasteiger charge is 2.72. The first-order valence-corrected chi connectivity index (χ1v) is 19.2. The largest absolute Gasteiger partial charge is 0.459 e. The Bertz CT molecular complexity index is 1800. The first kappa shape index (κ1) is 33.2. The molecule has 0 unspecified atom stereocenters. The SMILES string of the molecule is C=C(C)[C@@H]1CC[C@]2(C(=O)OCc3cn(-c4ccc5ccccc5c4)nn3)CC[C@]3(C)[C@H](CC[C@@H]4[C@@]5(C)CC[C@H](O)C(C)(C)[C@@H]5CC[C@]43C)[C@@H]12. The number of aliphatic hydroxyl groups excluding tert-OH is 1. The number of rotatable bonds is 5. The van der Waals surface area contributed by atoms with Crippen LogP contribution in [0.2, 0.25) is 0 Å². The van der Waals surface area contributed by atoms with Gasteiger partial charge in [0.25, 0.3) is 0 Å². The molecule has 5 saturated carbocycles. The Morgan fingerprint density at radius 1 is 0.898 bits per heavy atom. The van der Waals surface area contributed by atoms with Gasteiger partial charge in [-0.3, -0.25) is 4.79 Å². The van der Waals surface area contributed by atoms with Crippen molar-refractivity contribution >= 4 is 16.7 Å². The van der Waals surface area contributed by atoms with Crippen LogP contribution in [0, 0.1) is 56.7 Å². The van der Waals surface area contributed by atoms with E-state index in [0.29, 0.717) is 29.4 Å². The van der Waals surface area contributed by atoms with Gasteiger partial charge in [-0.05, 0) is 145 Å². The number of nitrogens with zero attached hydrogens (tertiary/aromatic N) is 3. The standard InChI is InChI=1S/C43H57N3O3/c1-27(2)32-16-21-43(38(48)49-26-30-25-46(45-44-30)31-13-12-28-10-8-9-11-29(28)24-31)23-22-41(6)33(37(32)43)14-15-35-40(5)19-18-36(47)39(3,4)34(40)17-20-42(35,41)7/h8-13,24-25,32-37,47H,1,14-23,26H2,2-7H3/t32-,33+,34-,35+,36-,37+,40-,41+,42+,43-/m0/s1. The van der Waals surface area contributed by atoms with E-state index < -0.39 is 5.41 Å². The quantitative estimate of drug-likeness (QED) is 0.217. The maximum atomic E-state index is 14.5. The molecule has 6 heteroatoms. The third-order valence-electron chi connectivity index (χ3n) is 16.3. The van der Waals surface area contributed by atoms with Gasteiger partial charge in [0.1, 0.15) is 12.3 Å². The zero-order valence-electron chi connectivity index (χ0n) is 30.7. The molecule has 262 valence electrons. The normalized spacial score (nSPS) is 40.9. The maximum absolute atomic E-state index is 14.5. The number of ether oxygens (including phenoxy) is 1. The minimum Gasteiger partial charge on any atom is -0.459 e. The van der Waals surface area contributed by atoms with Crippen molar-refractivity contribution in [3.8, 4) is 5.69 Å². The van der Waals surface area contributed by atoms with Crippen molar-refractivity contribution in [2.45, 2.75) is 118 Å². The molecule has 5 fully saturated rings. The van der Waals surface area contributed by atoms with Crippen LogP contribution in [-0.4, -0.2) is 32.2 Å². The summed E-state index contributed by atoms with van der Waals surface area (Å²) in [5, 5.41) is 22.2. The highest BCUT2D eigenvalue weighted by Crippen LogP contribution is 2.77. The van der Waals surface area contributed by atoms with Gasteiger partial charge in [-0.2, -0.15) is 0 Å². The molecule has 0 spiro atoms. The molecule has 8 rings (SSSR count). The van der Waals surface area contributed by atoms with Crippen LogP contribution in [0.4, 0.5) is 0 Å². The summed E-state index contributed by atoms with van der Waals surface area (Å²) >= 11 is 0. The van der Waals surface area contributed by atoms with Crippen LogP contribution < -0.4 is 0 Å². The van der Waals surface area contributed by atoms with Gasteiger partial charge in [-0.25, -0.2) is 4.68 Å². The van der Waals surface area contributed by atoms with Gasteiger partial charge in [-0.1, -0.05) is 82.3 Å². The summed E-state index contributed by atoms with van der Waals surface area (Å²) in [4.78, 5) is 14.5. The Kier molecular flexibility index (Phi) is 7.62. The molecule has 5 aliphatic carbocycles. The highest BCUT2D eigenvalue weighted by atomic mass is 16.5. The summed E-state index contributed by atoms with van der Waals surface area (Å²) in [5.74, 6) is 2.23. The average molecular weight is 664 g/mol. The fraction of sp³-hybridized carbons (Fsp3) is 0.651. The molecule has 0 radical (unpaired) electrons. The molecule has 49 heavy (non-hydrogen) atoms. The molecule has 0 bridgehead atoms. The van der Waals surface area contributed by atoms with Gasteiger partial charge in [0, 0.05) is 0 Å². The molecule has 1 aromatic heterocycles. The van der Waals surface area contributed by atoms with Gasteiger partial charge in [0.05, 0.1) is 23.4 Å². The van der Waals surface area contributed by atoms with Gasteiger partial charge in [0.2, 0.25) is 0 Å². The van der Waals surface area contributed by atoms with Crippen LogP contribution in [0.1, 0.15) is 111 Å². The van der Waals surface area contributed by atoms with Gasteiger partial charge >= 0.3 is 5.97 Å². The topological polar surface area (TPSA) is 77.2 Å². The lowest BCUT2D eigenvalue weighted by Crippen LogP contribution is -2.67.